The molecule has 2 aromatic heterocycles. The SMILES string of the molecule is Cc1ccsc1-c1c(C#N)c(N)nc2c1CC(c1ccccc1)CC2. The van der Waals surface area contributed by atoms with Gasteiger partial charge in [-0.05, 0) is 60.2 Å². The van der Waals surface area contributed by atoms with Gasteiger partial charge in [-0.25, -0.2) is 4.98 Å². The second-order valence-electron chi connectivity index (χ2n) is 6.57. The van der Waals surface area contributed by atoms with Gasteiger partial charge in [-0.1, -0.05) is 30.3 Å². The van der Waals surface area contributed by atoms with Gasteiger partial charge in [0.25, 0.3) is 0 Å². The summed E-state index contributed by atoms with van der Waals surface area (Å²) in [5.41, 5.74) is 12.5. The smallest absolute Gasteiger partial charge is 0.142 e. The average Bonchev–Trinajstić information content (AvgIpc) is 3.06. The van der Waals surface area contributed by atoms with Crippen LogP contribution in [-0.2, 0) is 12.8 Å². The van der Waals surface area contributed by atoms with Crippen LogP contribution >= 0.6 is 11.3 Å². The van der Waals surface area contributed by atoms with Crippen LogP contribution in [0.15, 0.2) is 41.8 Å². The van der Waals surface area contributed by atoms with Gasteiger partial charge in [-0.15, -0.1) is 11.3 Å². The first-order valence-electron chi connectivity index (χ1n) is 8.49. The van der Waals surface area contributed by atoms with E-state index in [4.69, 9.17) is 5.73 Å². The lowest BCUT2D eigenvalue weighted by Crippen LogP contribution is -2.17. The van der Waals surface area contributed by atoms with Crippen LogP contribution in [-0.4, -0.2) is 4.98 Å². The number of nitrogen functional groups attached to an aromatic ring is 1. The number of rotatable bonds is 2. The number of benzene rings is 1. The fourth-order valence-electron chi connectivity index (χ4n) is 3.78. The number of thiophene rings is 1. The number of hydrogen-bond acceptors (Lipinski definition) is 4. The van der Waals surface area contributed by atoms with Gasteiger partial charge in [0.1, 0.15) is 17.5 Å². The number of nitrogens with zero attached hydrogens (tertiary/aromatic N) is 2. The van der Waals surface area contributed by atoms with Crippen molar-refractivity contribution in [2.45, 2.75) is 32.1 Å². The van der Waals surface area contributed by atoms with Crippen LogP contribution in [0.5, 0.6) is 0 Å². The van der Waals surface area contributed by atoms with E-state index in [1.165, 1.54) is 16.7 Å². The van der Waals surface area contributed by atoms with Crippen molar-refractivity contribution in [1.29, 1.82) is 5.26 Å². The molecule has 3 aromatic rings. The number of hydrogen-bond donors (Lipinski definition) is 1. The Balaban J connectivity index is 1.89. The molecule has 0 saturated heterocycles. The largest absolute Gasteiger partial charge is 0.383 e. The maximum atomic E-state index is 9.71. The van der Waals surface area contributed by atoms with Gasteiger partial charge < -0.3 is 5.73 Å². The Labute approximate surface area is 151 Å². The Morgan fingerprint density at radius 1 is 1.24 bits per heavy atom. The summed E-state index contributed by atoms with van der Waals surface area (Å²) < 4.78 is 0. The van der Waals surface area contributed by atoms with Crippen LogP contribution in [0.2, 0.25) is 0 Å². The maximum absolute atomic E-state index is 9.71. The Kier molecular flexibility index (Phi) is 4.03. The summed E-state index contributed by atoms with van der Waals surface area (Å²) in [5, 5.41) is 11.8. The van der Waals surface area contributed by atoms with E-state index in [-0.39, 0.29) is 0 Å². The molecule has 0 bridgehead atoms. The molecule has 4 heteroatoms. The third kappa shape index (κ3) is 2.71. The first kappa shape index (κ1) is 15.9. The Morgan fingerprint density at radius 2 is 2.04 bits per heavy atom. The number of aryl methyl sites for hydroxylation is 2. The first-order chi connectivity index (χ1) is 12.2. The fourth-order valence-corrected chi connectivity index (χ4v) is 4.79. The van der Waals surface area contributed by atoms with Crippen molar-refractivity contribution >= 4 is 17.2 Å². The lowest BCUT2D eigenvalue weighted by atomic mass is 9.79. The molecule has 1 atom stereocenters. The lowest BCUT2D eigenvalue weighted by Gasteiger charge is -2.27. The van der Waals surface area contributed by atoms with Crippen LogP contribution in [0.1, 0.15) is 40.3 Å². The van der Waals surface area contributed by atoms with Gasteiger partial charge in [0, 0.05) is 16.1 Å². The molecule has 4 rings (SSSR count). The van der Waals surface area contributed by atoms with Gasteiger partial charge in [0.15, 0.2) is 0 Å². The summed E-state index contributed by atoms with van der Waals surface area (Å²) in [7, 11) is 0. The van der Waals surface area contributed by atoms with Crippen LogP contribution in [0, 0.1) is 18.3 Å². The number of fused-ring (bicyclic) bond motifs is 1. The molecule has 1 unspecified atom stereocenters. The van der Waals surface area contributed by atoms with Gasteiger partial charge in [-0.2, -0.15) is 5.26 Å². The van der Waals surface area contributed by atoms with Crippen molar-refractivity contribution in [1.82, 2.24) is 4.98 Å². The van der Waals surface area contributed by atoms with Crippen molar-refractivity contribution in [3.63, 3.8) is 0 Å². The Morgan fingerprint density at radius 3 is 2.72 bits per heavy atom. The second kappa shape index (κ2) is 6.34. The highest BCUT2D eigenvalue weighted by Crippen LogP contribution is 2.42. The molecule has 3 nitrogen and oxygen atoms in total. The van der Waals surface area contributed by atoms with E-state index in [2.05, 4.69) is 59.8 Å². The normalized spacial score (nSPS) is 16.2. The molecule has 0 spiro atoms. The summed E-state index contributed by atoms with van der Waals surface area (Å²) in [4.78, 5) is 5.72. The van der Waals surface area contributed by atoms with E-state index >= 15 is 0 Å². The topological polar surface area (TPSA) is 62.7 Å². The molecule has 1 aromatic carbocycles. The Hall–Kier alpha value is -2.64. The molecule has 0 saturated carbocycles. The van der Waals surface area contributed by atoms with Crippen molar-refractivity contribution < 1.29 is 0 Å². The van der Waals surface area contributed by atoms with E-state index in [0.717, 1.165) is 35.4 Å². The standard InChI is InChI=1S/C21H19N3S/c1-13-9-10-25-20(13)19-16-11-15(14-5-3-2-4-6-14)7-8-18(16)24-21(23)17(19)12-22/h2-6,9-10,15H,7-8,11H2,1H3,(H2,23,24). The zero-order chi connectivity index (χ0) is 17.4. The van der Waals surface area contributed by atoms with E-state index in [1.807, 2.05) is 0 Å². The molecular weight excluding hydrogens is 326 g/mol. The zero-order valence-corrected chi connectivity index (χ0v) is 14.9. The van der Waals surface area contributed by atoms with Crippen molar-refractivity contribution in [3.8, 4) is 16.5 Å². The summed E-state index contributed by atoms with van der Waals surface area (Å²) in [5.74, 6) is 0.826. The molecule has 1 aliphatic rings. The van der Waals surface area contributed by atoms with E-state index < -0.39 is 0 Å². The molecule has 124 valence electrons. The zero-order valence-electron chi connectivity index (χ0n) is 14.1. The van der Waals surface area contributed by atoms with Crippen LogP contribution in [0.25, 0.3) is 10.4 Å². The quantitative estimate of drug-likeness (QED) is 0.722. The highest BCUT2D eigenvalue weighted by Gasteiger charge is 2.28. The molecular formula is C21H19N3S. The molecule has 0 fully saturated rings. The number of nitriles is 1. The highest BCUT2D eigenvalue weighted by atomic mass is 32.1. The predicted molar refractivity (Wildman–Crippen MR) is 103 cm³/mol. The number of anilines is 1. The third-order valence-electron chi connectivity index (χ3n) is 5.06. The molecule has 1 aliphatic carbocycles. The van der Waals surface area contributed by atoms with Gasteiger partial charge in [0.05, 0.1) is 0 Å². The number of aromatic nitrogens is 1. The van der Waals surface area contributed by atoms with Crippen molar-refractivity contribution in [3.05, 3.63) is 69.7 Å². The van der Waals surface area contributed by atoms with Gasteiger partial charge in [0.2, 0.25) is 0 Å². The van der Waals surface area contributed by atoms with Gasteiger partial charge >= 0.3 is 0 Å². The van der Waals surface area contributed by atoms with E-state index in [9.17, 15) is 5.26 Å². The summed E-state index contributed by atoms with van der Waals surface area (Å²) in [6, 6.07) is 15.0. The second-order valence-corrected chi connectivity index (χ2v) is 7.48. The van der Waals surface area contributed by atoms with Crippen LogP contribution in [0.4, 0.5) is 5.82 Å². The van der Waals surface area contributed by atoms with Crippen molar-refractivity contribution in [2.75, 3.05) is 5.73 Å². The summed E-state index contributed by atoms with van der Waals surface area (Å²) in [6.07, 6.45) is 2.88. The minimum Gasteiger partial charge on any atom is -0.383 e. The molecule has 2 N–H and O–H groups in total. The highest BCUT2D eigenvalue weighted by molar-refractivity contribution is 7.13. The van der Waals surface area contributed by atoms with Gasteiger partial charge in [-0.3, -0.25) is 0 Å². The Bertz CT molecular complexity index is 967. The van der Waals surface area contributed by atoms with E-state index in [0.29, 0.717) is 17.3 Å². The number of pyridine rings is 1. The minimum atomic E-state index is 0.363. The predicted octanol–water partition coefficient (Wildman–Crippen LogP) is 4.84. The molecule has 0 radical (unpaired) electrons. The monoisotopic (exact) mass is 345 g/mol. The summed E-state index contributed by atoms with van der Waals surface area (Å²) >= 11 is 1.68. The van der Waals surface area contributed by atoms with Crippen molar-refractivity contribution in [2.24, 2.45) is 0 Å². The third-order valence-corrected chi connectivity index (χ3v) is 6.10. The maximum Gasteiger partial charge on any atom is 0.142 e. The first-order valence-corrected chi connectivity index (χ1v) is 9.37. The fraction of sp³-hybridized carbons (Fsp3) is 0.238. The molecule has 0 aliphatic heterocycles. The lowest BCUT2D eigenvalue weighted by molar-refractivity contribution is 0.576. The van der Waals surface area contributed by atoms with Crippen LogP contribution < -0.4 is 5.73 Å². The molecule has 25 heavy (non-hydrogen) atoms. The molecule has 0 amide bonds. The average molecular weight is 345 g/mol. The minimum absolute atomic E-state index is 0.363. The molecule has 2 heterocycles. The summed E-state index contributed by atoms with van der Waals surface area (Å²) in [6.45, 7) is 2.09. The van der Waals surface area contributed by atoms with E-state index in [1.54, 1.807) is 11.3 Å². The number of nitrogens with two attached hydrogens (primary N) is 1. The van der Waals surface area contributed by atoms with Crippen LogP contribution in [0.3, 0.4) is 0 Å².